The molecule has 1 N–H and O–H groups in total. The second-order valence-corrected chi connectivity index (χ2v) is 5.15. The van der Waals surface area contributed by atoms with E-state index < -0.39 is 0 Å². The fraction of sp³-hybridized carbons (Fsp3) is 0.0526. The summed E-state index contributed by atoms with van der Waals surface area (Å²) in [6.45, 7) is 0.253. The second kappa shape index (κ2) is 7.37. The van der Waals surface area contributed by atoms with E-state index in [1.807, 2.05) is 30.3 Å². The topological polar surface area (TPSA) is 55.1 Å². The summed E-state index contributed by atoms with van der Waals surface area (Å²) in [5, 5.41) is 6.63. The van der Waals surface area contributed by atoms with E-state index in [9.17, 15) is 9.18 Å². The van der Waals surface area contributed by atoms with E-state index in [4.69, 9.17) is 4.52 Å². The lowest BCUT2D eigenvalue weighted by molar-refractivity contribution is -0.116. The van der Waals surface area contributed by atoms with Crippen molar-refractivity contribution in [2.45, 2.75) is 6.54 Å². The largest absolute Gasteiger partial charge is 0.356 e. The van der Waals surface area contributed by atoms with Crippen LogP contribution in [0.1, 0.15) is 11.3 Å². The van der Waals surface area contributed by atoms with Gasteiger partial charge in [0.2, 0.25) is 5.91 Å². The molecule has 0 unspecified atom stereocenters. The summed E-state index contributed by atoms with van der Waals surface area (Å²) in [6.07, 6.45) is 3.21. The van der Waals surface area contributed by atoms with Crippen molar-refractivity contribution in [2.24, 2.45) is 0 Å². The number of nitrogens with zero attached hydrogens (tertiary/aromatic N) is 1. The van der Waals surface area contributed by atoms with Crippen molar-refractivity contribution in [3.05, 3.63) is 83.8 Å². The molecule has 1 heterocycles. The molecular weight excluding hydrogens is 307 g/mol. The summed E-state index contributed by atoms with van der Waals surface area (Å²) in [4.78, 5) is 11.8. The van der Waals surface area contributed by atoms with Gasteiger partial charge >= 0.3 is 0 Å². The van der Waals surface area contributed by atoms with Crippen LogP contribution in [0, 0.1) is 5.82 Å². The summed E-state index contributed by atoms with van der Waals surface area (Å²) in [5.74, 6) is 0.000201. The minimum absolute atomic E-state index is 0.217. The van der Waals surface area contributed by atoms with Gasteiger partial charge in [-0.15, -0.1) is 0 Å². The number of halogens is 1. The number of carbonyl (C=O) groups is 1. The Labute approximate surface area is 138 Å². The first-order valence-electron chi connectivity index (χ1n) is 7.43. The van der Waals surface area contributed by atoms with Gasteiger partial charge in [-0.2, -0.15) is 0 Å². The highest BCUT2D eigenvalue weighted by Gasteiger charge is 2.07. The van der Waals surface area contributed by atoms with E-state index in [0.717, 1.165) is 11.1 Å². The zero-order valence-corrected chi connectivity index (χ0v) is 12.8. The maximum atomic E-state index is 12.9. The minimum Gasteiger partial charge on any atom is -0.356 e. The minimum atomic E-state index is -0.309. The molecule has 0 aliphatic heterocycles. The van der Waals surface area contributed by atoms with Crippen LogP contribution < -0.4 is 5.32 Å². The van der Waals surface area contributed by atoms with Gasteiger partial charge in [0.1, 0.15) is 11.5 Å². The first-order valence-corrected chi connectivity index (χ1v) is 7.43. The lowest BCUT2D eigenvalue weighted by atomic mass is 10.1. The summed E-state index contributed by atoms with van der Waals surface area (Å²) < 4.78 is 18.1. The average Bonchev–Trinajstić information content (AvgIpc) is 3.09. The number of hydrogen-bond acceptors (Lipinski definition) is 3. The molecule has 0 aliphatic rings. The van der Waals surface area contributed by atoms with Crippen LogP contribution in [0.15, 0.2) is 71.3 Å². The quantitative estimate of drug-likeness (QED) is 0.727. The maximum absolute atomic E-state index is 12.9. The van der Waals surface area contributed by atoms with Gasteiger partial charge in [-0.1, -0.05) is 35.5 Å². The van der Waals surface area contributed by atoms with Gasteiger partial charge in [-0.3, -0.25) is 4.79 Å². The Bertz CT molecular complexity index is 839. The smallest absolute Gasteiger partial charge is 0.244 e. The molecule has 0 aliphatic carbocycles. The fourth-order valence-corrected chi connectivity index (χ4v) is 2.12. The molecule has 2 aromatic carbocycles. The maximum Gasteiger partial charge on any atom is 0.244 e. The lowest BCUT2D eigenvalue weighted by Crippen LogP contribution is -2.20. The third-order valence-corrected chi connectivity index (χ3v) is 3.36. The van der Waals surface area contributed by atoms with Gasteiger partial charge in [0.05, 0.1) is 6.54 Å². The number of carbonyl (C=O) groups excluding carboxylic acids is 1. The van der Waals surface area contributed by atoms with Crippen molar-refractivity contribution in [1.82, 2.24) is 10.5 Å². The molecule has 3 rings (SSSR count). The Balaban J connectivity index is 1.56. The molecule has 3 aromatic rings. The molecule has 24 heavy (non-hydrogen) atoms. The van der Waals surface area contributed by atoms with Crippen LogP contribution in [0.25, 0.3) is 17.4 Å². The van der Waals surface area contributed by atoms with Gasteiger partial charge in [-0.25, -0.2) is 4.39 Å². The van der Waals surface area contributed by atoms with Crippen LogP contribution in [-0.2, 0) is 11.3 Å². The Morgan fingerprint density at radius 2 is 1.88 bits per heavy atom. The number of benzene rings is 2. The van der Waals surface area contributed by atoms with Crippen LogP contribution in [-0.4, -0.2) is 11.1 Å². The SMILES string of the molecule is O=C(/C=C\c1ccccc1)NCc1cc(-c2ccc(F)cc2)on1. The molecule has 1 aromatic heterocycles. The molecule has 0 fully saturated rings. The molecule has 120 valence electrons. The average molecular weight is 322 g/mol. The molecule has 0 atom stereocenters. The van der Waals surface area contributed by atoms with Crippen LogP contribution in [0.4, 0.5) is 4.39 Å². The van der Waals surface area contributed by atoms with Crippen LogP contribution >= 0.6 is 0 Å². The standard InChI is InChI=1S/C19H15FN2O2/c20-16-9-7-15(8-10-16)18-12-17(22-24-18)13-21-19(23)11-6-14-4-2-1-3-5-14/h1-12H,13H2,(H,21,23)/b11-6-. The summed E-state index contributed by atoms with van der Waals surface area (Å²) >= 11 is 0. The van der Waals surface area contributed by atoms with Gasteiger partial charge < -0.3 is 9.84 Å². The van der Waals surface area contributed by atoms with Gasteiger partial charge in [-0.05, 0) is 35.9 Å². The molecule has 0 saturated heterocycles. The zero-order valence-electron chi connectivity index (χ0n) is 12.8. The Hall–Kier alpha value is -3.21. The van der Waals surface area contributed by atoms with E-state index in [1.54, 1.807) is 24.3 Å². The third-order valence-electron chi connectivity index (χ3n) is 3.36. The molecule has 1 amide bonds. The van der Waals surface area contributed by atoms with E-state index >= 15 is 0 Å². The number of nitrogens with one attached hydrogen (secondary N) is 1. The van der Waals surface area contributed by atoms with Crippen molar-refractivity contribution >= 4 is 12.0 Å². The second-order valence-electron chi connectivity index (χ2n) is 5.15. The van der Waals surface area contributed by atoms with Gasteiger partial charge in [0.15, 0.2) is 5.76 Å². The number of amides is 1. The lowest BCUT2D eigenvalue weighted by Gasteiger charge is -1.97. The summed E-state index contributed by atoms with van der Waals surface area (Å²) in [7, 11) is 0. The molecule has 0 spiro atoms. The predicted octanol–water partition coefficient (Wildman–Crippen LogP) is 3.81. The van der Waals surface area contributed by atoms with Crippen molar-refractivity contribution in [1.29, 1.82) is 0 Å². The normalized spacial score (nSPS) is 10.9. The Morgan fingerprint density at radius 1 is 1.12 bits per heavy atom. The van der Waals surface area contributed by atoms with E-state index in [0.29, 0.717) is 11.5 Å². The van der Waals surface area contributed by atoms with Crippen LogP contribution in [0.5, 0.6) is 0 Å². The zero-order chi connectivity index (χ0) is 16.8. The Morgan fingerprint density at radius 3 is 2.62 bits per heavy atom. The highest BCUT2D eigenvalue weighted by molar-refractivity contribution is 5.91. The van der Waals surface area contributed by atoms with E-state index in [2.05, 4.69) is 10.5 Å². The van der Waals surface area contributed by atoms with Crippen molar-refractivity contribution in [3.8, 4) is 11.3 Å². The van der Waals surface area contributed by atoms with E-state index in [-0.39, 0.29) is 18.3 Å². The number of rotatable bonds is 5. The molecule has 0 saturated carbocycles. The monoisotopic (exact) mass is 322 g/mol. The highest BCUT2D eigenvalue weighted by Crippen LogP contribution is 2.20. The number of hydrogen-bond donors (Lipinski definition) is 1. The van der Waals surface area contributed by atoms with Crippen LogP contribution in [0.3, 0.4) is 0 Å². The highest BCUT2D eigenvalue weighted by atomic mass is 19.1. The van der Waals surface area contributed by atoms with Gasteiger partial charge in [0.25, 0.3) is 0 Å². The first kappa shape index (κ1) is 15.7. The molecular formula is C19H15FN2O2. The molecule has 5 heteroatoms. The van der Waals surface area contributed by atoms with Crippen molar-refractivity contribution in [2.75, 3.05) is 0 Å². The number of aromatic nitrogens is 1. The van der Waals surface area contributed by atoms with Crippen molar-refractivity contribution in [3.63, 3.8) is 0 Å². The van der Waals surface area contributed by atoms with E-state index in [1.165, 1.54) is 18.2 Å². The first-order chi connectivity index (χ1) is 11.7. The van der Waals surface area contributed by atoms with Gasteiger partial charge in [0, 0.05) is 17.7 Å². The third kappa shape index (κ3) is 4.16. The summed E-state index contributed by atoms with van der Waals surface area (Å²) in [5.41, 5.74) is 2.27. The molecule has 0 radical (unpaired) electrons. The van der Waals surface area contributed by atoms with Crippen LogP contribution in [0.2, 0.25) is 0 Å². The van der Waals surface area contributed by atoms with Crippen molar-refractivity contribution < 1.29 is 13.7 Å². The molecule has 0 bridgehead atoms. The predicted molar refractivity (Wildman–Crippen MR) is 89.2 cm³/mol. The summed E-state index contributed by atoms with van der Waals surface area (Å²) in [6, 6.07) is 17.2. The Kier molecular flexibility index (Phi) is 4.81. The molecule has 4 nitrogen and oxygen atoms in total. The fourth-order valence-electron chi connectivity index (χ4n) is 2.12.